The van der Waals surface area contributed by atoms with E-state index in [1.807, 2.05) is 0 Å². The molecule has 0 aromatic rings. The quantitative estimate of drug-likeness (QED) is 0.540. The second-order valence-corrected chi connectivity index (χ2v) is 9.22. The van der Waals surface area contributed by atoms with E-state index in [0.717, 1.165) is 38.5 Å². The topological polar surface area (TPSA) is 52.6 Å². The third kappa shape index (κ3) is 2.90. The van der Waals surface area contributed by atoms with E-state index in [-0.39, 0.29) is 29.6 Å². The Morgan fingerprint density at radius 2 is 1.77 bits per heavy atom. The monoisotopic (exact) mass is 360 g/mol. The first-order valence-electron chi connectivity index (χ1n) is 10.4. The predicted octanol–water partition coefficient (Wildman–Crippen LogP) is 4.42. The molecule has 0 bridgehead atoms. The Kier molecular flexibility index (Phi) is 4.65. The highest BCUT2D eigenvalue weighted by atomic mass is 16.5. The summed E-state index contributed by atoms with van der Waals surface area (Å²) in [5.74, 6) is 2.06. The predicted molar refractivity (Wildman–Crippen MR) is 98.2 cm³/mol. The van der Waals surface area contributed by atoms with Gasteiger partial charge in [0.25, 0.3) is 0 Å². The second-order valence-electron chi connectivity index (χ2n) is 9.22. The molecule has 3 fully saturated rings. The molecule has 144 valence electrons. The summed E-state index contributed by atoms with van der Waals surface area (Å²) >= 11 is 0. The molecule has 4 aliphatic rings. The Balaban J connectivity index is 1.58. The van der Waals surface area contributed by atoms with Crippen LogP contribution in [0.15, 0.2) is 11.6 Å². The lowest BCUT2D eigenvalue weighted by molar-refractivity contribution is -0.158. The summed E-state index contributed by atoms with van der Waals surface area (Å²) in [6.07, 6.45) is 11.4. The molecule has 4 aliphatic carbocycles. The first-order valence-corrected chi connectivity index (χ1v) is 10.4. The molecule has 0 amide bonds. The maximum absolute atomic E-state index is 11.6. The van der Waals surface area contributed by atoms with Crippen LogP contribution >= 0.6 is 0 Å². The van der Waals surface area contributed by atoms with E-state index in [4.69, 9.17) is 9.47 Å². The number of esters is 2. The summed E-state index contributed by atoms with van der Waals surface area (Å²) in [5, 5.41) is 0. The molecule has 4 nitrogen and oxygen atoms in total. The van der Waals surface area contributed by atoms with Crippen molar-refractivity contribution >= 4 is 11.9 Å². The SMILES string of the molecule is CC(=O)O[C@H]1CC[C@H]2[C@@H]3CCC4=CCC[C@@H](OC(C)=O)[C@@H]4[C@H]3CC[C@]12C. The number of hydrogen-bond donors (Lipinski definition) is 0. The fraction of sp³-hybridized carbons (Fsp3) is 0.818. The highest BCUT2D eigenvalue weighted by molar-refractivity contribution is 5.66. The van der Waals surface area contributed by atoms with Crippen molar-refractivity contribution in [3.8, 4) is 0 Å². The number of carbonyl (C=O) groups is 2. The van der Waals surface area contributed by atoms with Gasteiger partial charge in [-0.3, -0.25) is 9.59 Å². The second kappa shape index (κ2) is 6.69. The van der Waals surface area contributed by atoms with Gasteiger partial charge in [-0.2, -0.15) is 0 Å². The highest BCUT2D eigenvalue weighted by Crippen LogP contribution is 2.62. The highest BCUT2D eigenvalue weighted by Gasteiger charge is 2.58. The lowest BCUT2D eigenvalue weighted by atomic mass is 9.52. The maximum atomic E-state index is 11.6. The molecule has 0 aromatic carbocycles. The fourth-order valence-electron chi connectivity index (χ4n) is 7.01. The average molecular weight is 360 g/mol. The van der Waals surface area contributed by atoms with Crippen molar-refractivity contribution in [1.29, 1.82) is 0 Å². The van der Waals surface area contributed by atoms with E-state index in [1.165, 1.54) is 26.7 Å². The van der Waals surface area contributed by atoms with Gasteiger partial charge >= 0.3 is 11.9 Å². The maximum Gasteiger partial charge on any atom is 0.302 e. The molecule has 0 spiro atoms. The lowest BCUT2D eigenvalue weighted by Crippen LogP contribution is -2.50. The van der Waals surface area contributed by atoms with Crippen LogP contribution in [-0.4, -0.2) is 24.1 Å². The molecule has 26 heavy (non-hydrogen) atoms. The van der Waals surface area contributed by atoms with E-state index >= 15 is 0 Å². The van der Waals surface area contributed by atoms with E-state index in [1.54, 1.807) is 5.57 Å². The van der Waals surface area contributed by atoms with Gasteiger partial charge in [0.2, 0.25) is 0 Å². The van der Waals surface area contributed by atoms with Gasteiger partial charge < -0.3 is 9.47 Å². The Morgan fingerprint density at radius 1 is 1.00 bits per heavy atom. The number of fused-ring (bicyclic) bond motifs is 5. The Labute approximate surface area is 156 Å². The van der Waals surface area contributed by atoms with Crippen LogP contribution in [0.25, 0.3) is 0 Å². The van der Waals surface area contributed by atoms with Gasteiger partial charge in [0.1, 0.15) is 12.2 Å². The number of hydrogen-bond acceptors (Lipinski definition) is 4. The molecular weight excluding hydrogens is 328 g/mol. The van der Waals surface area contributed by atoms with Gasteiger partial charge in [-0.15, -0.1) is 0 Å². The van der Waals surface area contributed by atoms with Crippen molar-refractivity contribution < 1.29 is 19.1 Å². The van der Waals surface area contributed by atoms with Crippen molar-refractivity contribution in [2.75, 3.05) is 0 Å². The summed E-state index contributed by atoms with van der Waals surface area (Å²) < 4.78 is 11.5. The zero-order chi connectivity index (χ0) is 18.5. The van der Waals surface area contributed by atoms with Crippen LogP contribution in [0.1, 0.15) is 72.1 Å². The average Bonchev–Trinajstić information content (AvgIpc) is 2.90. The minimum absolute atomic E-state index is 0.0651. The van der Waals surface area contributed by atoms with Crippen molar-refractivity contribution in [1.82, 2.24) is 0 Å². The zero-order valence-electron chi connectivity index (χ0n) is 16.3. The molecule has 4 heteroatoms. The fourth-order valence-corrected chi connectivity index (χ4v) is 7.01. The normalized spacial score (nSPS) is 44.2. The van der Waals surface area contributed by atoms with Gasteiger partial charge in [-0.05, 0) is 69.1 Å². The molecule has 7 atom stereocenters. The first kappa shape index (κ1) is 18.1. The molecule has 0 heterocycles. The minimum atomic E-state index is -0.144. The summed E-state index contributed by atoms with van der Waals surface area (Å²) in [6.45, 7) is 5.42. The van der Waals surface area contributed by atoms with E-state index in [0.29, 0.717) is 23.7 Å². The molecule has 0 aliphatic heterocycles. The van der Waals surface area contributed by atoms with Crippen LogP contribution in [-0.2, 0) is 19.1 Å². The lowest BCUT2D eigenvalue weighted by Gasteiger charge is -2.54. The number of allylic oxidation sites excluding steroid dienone is 1. The third-order valence-corrected chi connectivity index (χ3v) is 7.95. The van der Waals surface area contributed by atoms with Gasteiger partial charge in [-0.1, -0.05) is 18.6 Å². The summed E-state index contributed by atoms with van der Waals surface area (Å²) in [6, 6.07) is 0. The van der Waals surface area contributed by atoms with Crippen LogP contribution < -0.4 is 0 Å². The molecule has 3 saturated carbocycles. The summed E-state index contributed by atoms with van der Waals surface area (Å²) in [7, 11) is 0. The standard InChI is InChI=1S/C22H32O4/c1-13(23)25-19-6-4-5-15-7-8-16-17(21(15)19)11-12-22(3)18(16)9-10-20(22)26-14(2)24/h5,16-21H,4,6-12H2,1-3H3/t16-,17+,18+,19-,20+,21+,22+/m1/s1. The van der Waals surface area contributed by atoms with Crippen LogP contribution in [0.4, 0.5) is 0 Å². The van der Waals surface area contributed by atoms with Crippen molar-refractivity contribution in [3.05, 3.63) is 11.6 Å². The van der Waals surface area contributed by atoms with Crippen molar-refractivity contribution in [2.45, 2.75) is 84.3 Å². The minimum Gasteiger partial charge on any atom is -0.462 e. The smallest absolute Gasteiger partial charge is 0.302 e. The zero-order valence-corrected chi connectivity index (χ0v) is 16.3. The Morgan fingerprint density at radius 3 is 2.50 bits per heavy atom. The molecule has 0 unspecified atom stereocenters. The molecule has 0 radical (unpaired) electrons. The van der Waals surface area contributed by atoms with Crippen LogP contribution in [0.3, 0.4) is 0 Å². The number of carbonyl (C=O) groups excluding carboxylic acids is 2. The molecule has 0 saturated heterocycles. The van der Waals surface area contributed by atoms with Gasteiger partial charge in [-0.25, -0.2) is 0 Å². The Bertz CT molecular complexity index is 624. The van der Waals surface area contributed by atoms with E-state index < -0.39 is 0 Å². The van der Waals surface area contributed by atoms with Crippen LogP contribution in [0, 0.1) is 29.1 Å². The first-order chi connectivity index (χ1) is 12.4. The molecule has 0 aromatic heterocycles. The third-order valence-electron chi connectivity index (χ3n) is 7.95. The van der Waals surface area contributed by atoms with Crippen molar-refractivity contribution in [3.63, 3.8) is 0 Å². The van der Waals surface area contributed by atoms with E-state index in [9.17, 15) is 9.59 Å². The van der Waals surface area contributed by atoms with Crippen molar-refractivity contribution in [2.24, 2.45) is 29.1 Å². The van der Waals surface area contributed by atoms with E-state index in [2.05, 4.69) is 13.0 Å². The van der Waals surface area contributed by atoms with Gasteiger partial charge in [0.05, 0.1) is 0 Å². The van der Waals surface area contributed by atoms with Crippen LogP contribution in [0.5, 0.6) is 0 Å². The van der Waals surface area contributed by atoms with Crippen LogP contribution in [0.2, 0.25) is 0 Å². The molecular formula is C22H32O4. The number of ether oxygens (including phenoxy) is 2. The largest absolute Gasteiger partial charge is 0.462 e. The van der Waals surface area contributed by atoms with Gasteiger partial charge in [0, 0.05) is 25.2 Å². The molecule has 4 rings (SSSR count). The van der Waals surface area contributed by atoms with Gasteiger partial charge in [0.15, 0.2) is 0 Å². The Hall–Kier alpha value is -1.32. The summed E-state index contributed by atoms with van der Waals surface area (Å²) in [5.41, 5.74) is 1.67. The summed E-state index contributed by atoms with van der Waals surface area (Å²) in [4.78, 5) is 23.2. The molecule has 0 N–H and O–H groups in total. The number of rotatable bonds is 2.